The molecule has 0 atom stereocenters. The molecule has 1 heterocycles. The fourth-order valence-electron chi connectivity index (χ4n) is 2.57. The molecule has 3 nitrogen and oxygen atoms in total. The van der Waals surface area contributed by atoms with E-state index in [4.69, 9.17) is 9.47 Å². The number of halogens is 4. The molecule has 1 aliphatic heterocycles. The zero-order chi connectivity index (χ0) is 17.9. The van der Waals surface area contributed by atoms with Crippen LogP contribution < -0.4 is 9.47 Å². The first-order valence-electron chi connectivity index (χ1n) is 7.83. The van der Waals surface area contributed by atoms with Crippen LogP contribution in [0.3, 0.4) is 0 Å². The number of hydrogen-bond acceptors (Lipinski definition) is 3. The number of nitrogens with zero attached hydrogens (tertiary/aromatic N) is 1. The van der Waals surface area contributed by atoms with E-state index >= 15 is 0 Å². The molecule has 0 aromatic heterocycles. The number of fused-ring (bicyclic) bond motifs is 1. The van der Waals surface area contributed by atoms with Gasteiger partial charge in [-0.1, -0.05) is 30.4 Å². The zero-order valence-electron chi connectivity index (χ0n) is 14.1. The summed E-state index contributed by atoms with van der Waals surface area (Å²) >= 11 is 0. The Morgan fingerprint density at radius 2 is 1.73 bits per heavy atom. The Morgan fingerprint density at radius 1 is 1.04 bits per heavy atom. The second kappa shape index (κ2) is 8.47. The van der Waals surface area contributed by atoms with Gasteiger partial charge in [-0.2, -0.15) is 13.2 Å². The molecule has 0 bridgehead atoms. The second-order valence-electron chi connectivity index (χ2n) is 5.91. The highest BCUT2D eigenvalue weighted by Crippen LogP contribution is 2.32. The molecule has 0 N–H and O–H groups in total. The van der Waals surface area contributed by atoms with Gasteiger partial charge in [-0.25, -0.2) is 0 Å². The van der Waals surface area contributed by atoms with Gasteiger partial charge in [-0.05, 0) is 42.4 Å². The maximum atomic E-state index is 12.5. The Hall–Kier alpha value is -2.18. The third-order valence-corrected chi connectivity index (χ3v) is 3.85. The Morgan fingerprint density at radius 3 is 2.42 bits per heavy atom. The van der Waals surface area contributed by atoms with Gasteiger partial charge in [-0.15, -0.1) is 12.4 Å². The normalized spacial score (nSPS) is 13.3. The summed E-state index contributed by atoms with van der Waals surface area (Å²) in [4.78, 5) is 2.10. The summed E-state index contributed by atoms with van der Waals surface area (Å²) < 4.78 is 48.2. The van der Waals surface area contributed by atoms with Crippen LogP contribution in [-0.4, -0.2) is 25.3 Å². The number of benzene rings is 2. The molecule has 140 valence electrons. The van der Waals surface area contributed by atoms with E-state index in [1.165, 1.54) is 12.1 Å². The number of likely N-dealkylation sites (N-methyl/N-ethyl adjacent to an activating group) is 1. The molecular weight excluding hydrogens is 367 g/mol. The van der Waals surface area contributed by atoms with E-state index in [1.54, 1.807) is 0 Å². The van der Waals surface area contributed by atoms with Crippen LogP contribution in [0.4, 0.5) is 13.2 Å². The summed E-state index contributed by atoms with van der Waals surface area (Å²) in [6.45, 7) is 1.66. The lowest BCUT2D eigenvalue weighted by Crippen LogP contribution is -2.17. The van der Waals surface area contributed by atoms with Crippen LogP contribution in [0.5, 0.6) is 11.5 Å². The average Bonchev–Trinajstić information content (AvgIpc) is 3.02. The highest BCUT2D eigenvalue weighted by Gasteiger charge is 2.29. The second-order valence-corrected chi connectivity index (χ2v) is 5.91. The summed E-state index contributed by atoms with van der Waals surface area (Å²) in [5.41, 5.74) is 1.21. The van der Waals surface area contributed by atoms with Gasteiger partial charge in [0.15, 0.2) is 11.5 Å². The Kier molecular flexibility index (Phi) is 6.56. The predicted molar refractivity (Wildman–Crippen MR) is 96.6 cm³/mol. The molecule has 0 aliphatic carbocycles. The SMILES string of the molecule is CN(C/C=C/c1ccc(C(F)(F)F)cc1)Cc1ccc2c(c1)OCO2.Cl. The summed E-state index contributed by atoms with van der Waals surface area (Å²) in [7, 11) is 1.97. The van der Waals surface area contributed by atoms with E-state index in [1.807, 2.05) is 37.4 Å². The van der Waals surface area contributed by atoms with Gasteiger partial charge in [0.1, 0.15) is 0 Å². The molecule has 0 saturated carbocycles. The maximum Gasteiger partial charge on any atom is 0.416 e. The van der Waals surface area contributed by atoms with Gasteiger partial charge >= 0.3 is 6.18 Å². The van der Waals surface area contributed by atoms with Crippen molar-refractivity contribution in [1.29, 1.82) is 0 Å². The van der Waals surface area contributed by atoms with Crippen molar-refractivity contribution in [2.75, 3.05) is 20.4 Å². The minimum Gasteiger partial charge on any atom is -0.454 e. The third-order valence-electron chi connectivity index (χ3n) is 3.85. The summed E-state index contributed by atoms with van der Waals surface area (Å²) in [5, 5.41) is 0. The van der Waals surface area contributed by atoms with Crippen molar-refractivity contribution in [3.8, 4) is 11.5 Å². The first-order valence-corrected chi connectivity index (χ1v) is 7.83. The quantitative estimate of drug-likeness (QED) is 0.722. The molecule has 0 amide bonds. The zero-order valence-corrected chi connectivity index (χ0v) is 14.9. The van der Waals surface area contributed by atoms with Gasteiger partial charge in [0.2, 0.25) is 6.79 Å². The van der Waals surface area contributed by atoms with Gasteiger partial charge in [-0.3, -0.25) is 4.90 Å². The number of rotatable bonds is 5. The molecule has 0 radical (unpaired) electrons. The number of alkyl halides is 3. The van der Waals surface area contributed by atoms with E-state index in [0.717, 1.165) is 41.3 Å². The van der Waals surface area contributed by atoms with Crippen LogP contribution in [-0.2, 0) is 12.7 Å². The maximum absolute atomic E-state index is 12.5. The molecule has 1 aliphatic rings. The monoisotopic (exact) mass is 385 g/mol. The average molecular weight is 386 g/mol. The van der Waals surface area contributed by atoms with Crippen molar-refractivity contribution >= 4 is 18.5 Å². The van der Waals surface area contributed by atoms with Crippen LogP contribution in [0.25, 0.3) is 6.08 Å². The minimum absolute atomic E-state index is 0. The van der Waals surface area contributed by atoms with Crippen LogP contribution in [0.15, 0.2) is 48.5 Å². The first-order chi connectivity index (χ1) is 11.9. The van der Waals surface area contributed by atoms with Crippen molar-refractivity contribution in [3.63, 3.8) is 0 Å². The van der Waals surface area contributed by atoms with Crippen LogP contribution in [0, 0.1) is 0 Å². The molecule has 3 rings (SSSR count). The van der Waals surface area contributed by atoms with Gasteiger partial charge in [0.05, 0.1) is 5.56 Å². The van der Waals surface area contributed by atoms with E-state index in [0.29, 0.717) is 6.54 Å². The van der Waals surface area contributed by atoms with E-state index in [-0.39, 0.29) is 19.2 Å². The topological polar surface area (TPSA) is 21.7 Å². The highest BCUT2D eigenvalue weighted by molar-refractivity contribution is 5.85. The molecule has 0 spiro atoms. The van der Waals surface area contributed by atoms with E-state index < -0.39 is 11.7 Å². The lowest BCUT2D eigenvalue weighted by Gasteiger charge is -2.14. The molecule has 0 unspecified atom stereocenters. The lowest BCUT2D eigenvalue weighted by atomic mass is 10.1. The minimum atomic E-state index is -4.30. The van der Waals surface area contributed by atoms with Crippen molar-refractivity contribution < 1.29 is 22.6 Å². The van der Waals surface area contributed by atoms with Crippen molar-refractivity contribution in [1.82, 2.24) is 4.90 Å². The Bertz CT molecular complexity index is 760. The van der Waals surface area contributed by atoms with Crippen molar-refractivity contribution in [3.05, 3.63) is 65.2 Å². The molecule has 0 fully saturated rings. The summed E-state index contributed by atoms with van der Waals surface area (Å²) in [6, 6.07) is 11.0. The Balaban J connectivity index is 0.00000243. The molecular formula is C19H19ClF3NO2. The van der Waals surface area contributed by atoms with E-state index in [9.17, 15) is 13.2 Å². The molecule has 0 saturated heterocycles. The summed E-state index contributed by atoms with van der Waals surface area (Å²) in [6.07, 6.45) is -0.557. The highest BCUT2D eigenvalue weighted by atomic mass is 35.5. The van der Waals surface area contributed by atoms with Gasteiger partial charge < -0.3 is 9.47 Å². The Labute approximate surface area is 156 Å². The first kappa shape index (κ1) is 20.1. The lowest BCUT2D eigenvalue weighted by molar-refractivity contribution is -0.137. The summed E-state index contributed by atoms with van der Waals surface area (Å²) in [5.74, 6) is 1.51. The third kappa shape index (κ3) is 5.16. The smallest absolute Gasteiger partial charge is 0.416 e. The van der Waals surface area contributed by atoms with Crippen molar-refractivity contribution in [2.24, 2.45) is 0 Å². The van der Waals surface area contributed by atoms with Crippen LogP contribution in [0.1, 0.15) is 16.7 Å². The standard InChI is InChI=1S/C19H18F3NO2.ClH/c1-23(12-15-6-9-17-18(11-15)25-13-24-17)10-2-3-14-4-7-16(8-5-14)19(20,21)22;/h2-9,11H,10,12-13H2,1H3;1H/b3-2+;. The van der Waals surface area contributed by atoms with Gasteiger partial charge in [0, 0.05) is 13.1 Å². The fourth-order valence-corrected chi connectivity index (χ4v) is 2.57. The van der Waals surface area contributed by atoms with Gasteiger partial charge in [0.25, 0.3) is 0 Å². The molecule has 2 aromatic rings. The fraction of sp³-hybridized carbons (Fsp3) is 0.263. The molecule has 2 aromatic carbocycles. The molecule has 26 heavy (non-hydrogen) atoms. The number of ether oxygens (including phenoxy) is 2. The number of hydrogen-bond donors (Lipinski definition) is 0. The van der Waals surface area contributed by atoms with Crippen LogP contribution >= 0.6 is 12.4 Å². The molecule has 7 heteroatoms. The van der Waals surface area contributed by atoms with E-state index in [2.05, 4.69) is 4.90 Å². The van der Waals surface area contributed by atoms with Crippen molar-refractivity contribution in [2.45, 2.75) is 12.7 Å². The largest absolute Gasteiger partial charge is 0.454 e. The predicted octanol–water partition coefficient (Wildman–Crippen LogP) is 5.00. The van der Waals surface area contributed by atoms with Crippen LogP contribution in [0.2, 0.25) is 0 Å².